The molecule has 0 aliphatic heterocycles. The molecule has 2 N–H and O–H groups in total. The number of nitrogens with one attached hydrogen (secondary N) is 2. The molecule has 0 radical (unpaired) electrons. The van der Waals surface area contributed by atoms with E-state index in [4.69, 9.17) is 0 Å². The highest BCUT2D eigenvalue weighted by molar-refractivity contribution is 5.79. The van der Waals surface area contributed by atoms with Crippen LogP contribution in [0.15, 0.2) is 41.7 Å². The van der Waals surface area contributed by atoms with Crippen LogP contribution in [0.1, 0.15) is 31.2 Å². The van der Waals surface area contributed by atoms with Crippen LogP contribution in [0.25, 0.3) is 0 Å². The third-order valence-corrected chi connectivity index (χ3v) is 4.89. The number of aliphatic imine (C=N–C) groups is 1. The first-order valence-corrected chi connectivity index (χ1v) is 9.10. The van der Waals surface area contributed by atoms with Crippen LogP contribution in [0, 0.1) is 5.41 Å². The van der Waals surface area contributed by atoms with Crippen molar-refractivity contribution in [1.82, 2.24) is 25.4 Å². The zero-order valence-electron chi connectivity index (χ0n) is 15.2. The number of hydrogen-bond acceptors (Lipinski definition) is 3. The molecule has 1 aliphatic carbocycles. The number of aromatic nitrogens is 3. The Kier molecular flexibility index (Phi) is 5.68. The zero-order chi connectivity index (χ0) is 17.5. The van der Waals surface area contributed by atoms with Gasteiger partial charge in [0.2, 0.25) is 0 Å². The van der Waals surface area contributed by atoms with Crippen LogP contribution in [0.2, 0.25) is 0 Å². The van der Waals surface area contributed by atoms with Crippen molar-refractivity contribution >= 4 is 5.96 Å². The lowest BCUT2D eigenvalue weighted by molar-refractivity contribution is 0.491. The zero-order valence-corrected chi connectivity index (χ0v) is 15.2. The summed E-state index contributed by atoms with van der Waals surface area (Å²) in [5.41, 5.74) is 1.81. The number of hydrogen-bond donors (Lipinski definition) is 2. The van der Waals surface area contributed by atoms with Crippen molar-refractivity contribution in [3.8, 4) is 0 Å². The normalized spacial score (nSPS) is 15.8. The van der Waals surface area contributed by atoms with Crippen LogP contribution in [0.5, 0.6) is 0 Å². The van der Waals surface area contributed by atoms with Gasteiger partial charge in [-0.25, -0.2) is 0 Å². The summed E-state index contributed by atoms with van der Waals surface area (Å²) >= 11 is 0. The van der Waals surface area contributed by atoms with Crippen molar-refractivity contribution in [3.05, 3.63) is 48.0 Å². The van der Waals surface area contributed by atoms with E-state index in [0.717, 1.165) is 44.3 Å². The molecule has 6 heteroatoms. The molecule has 1 aromatic carbocycles. The summed E-state index contributed by atoms with van der Waals surface area (Å²) in [4.78, 5) is 4.34. The predicted octanol–water partition coefficient (Wildman–Crippen LogP) is 2.03. The predicted molar refractivity (Wildman–Crippen MR) is 101 cm³/mol. The summed E-state index contributed by atoms with van der Waals surface area (Å²) in [7, 11) is 1.82. The summed E-state index contributed by atoms with van der Waals surface area (Å²) in [5.74, 6) is 1.88. The van der Waals surface area contributed by atoms with E-state index < -0.39 is 0 Å². The van der Waals surface area contributed by atoms with Gasteiger partial charge in [0.1, 0.15) is 12.2 Å². The van der Waals surface area contributed by atoms with Gasteiger partial charge < -0.3 is 15.2 Å². The summed E-state index contributed by atoms with van der Waals surface area (Å²) in [5, 5.41) is 15.0. The van der Waals surface area contributed by atoms with Gasteiger partial charge in [-0.15, -0.1) is 10.2 Å². The van der Waals surface area contributed by atoms with Gasteiger partial charge in [-0.1, -0.05) is 37.3 Å². The molecule has 3 rings (SSSR count). The molecule has 1 heterocycles. The quantitative estimate of drug-likeness (QED) is 0.570. The summed E-state index contributed by atoms with van der Waals surface area (Å²) in [6, 6.07) is 10.8. The molecule has 1 aliphatic rings. The van der Waals surface area contributed by atoms with Crippen molar-refractivity contribution in [2.24, 2.45) is 10.4 Å². The second-order valence-corrected chi connectivity index (χ2v) is 6.81. The van der Waals surface area contributed by atoms with Crippen LogP contribution in [0.3, 0.4) is 0 Å². The highest BCUT2D eigenvalue weighted by Crippen LogP contribution is 2.47. The van der Waals surface area contributed by atoms with Gasteiger partial charge in [-0.3, -0.25) is 4.99 Å². The van der Waals surface area contributed by atoms with Crippen LogP contribution in [0.4, 0.5) is 0 Å². The number of guanidine groups is 1. The highest BCUT2D eigenvalue weighted by Gasteiger charge is 2.42. The second-order valence-electron chi connectivity index (χ2n) is 6.81. The molecular formula is C19H28N6. The largest absolute Gasteiger partial charge is 0.356 e. The van der Waals surface area contributed by atoms with E-state index >= 15 is 0 Å². The molecule has 6 nitrogen and oxygen atoms in total. The minimum absolute atomic E-state index is 0.391. The van der Waals surface area contributed by atoms with Gasteiger partial charge in [0, 0.05) is 33.1 Å². The molecule has 134 valence electrons. The van der Waals surface area contributed by atoms with E-state index in [2.05, 4.69) is 67.6 Å². The van der Waals surface area contributed by atoms with Crippen LogP contribution in [-0.2, 0) is 19.4 Å². The van der Waals surface area contributed by atoms with E-state index in [1.54, 1.807) is 6.33 Å². The minimum atomic E-state index is 0.391. The Hall–Kier alpha value is -2.37. The lowest BCUT2D eigenvalue weighted by Gasteiger charge is -2.19. The molecular weight excluding hydrogens is 312 g/mol. The van der Waals surface area contributed by atoms with E-state index in [0.29, 0.717) is 5.41 Å². The SMILES string of the molecule is CCc1nncn1CCNC(=NC)NCC1(Cc2ccccc2)CC1. The number of rotatable bonds is 8. The Morgan fingerprint density at radius 2 is 2.04 bits per heavy atom. The molecule has 1 fully saturated rings. The average Bonchev–Trinajstić information content (AvgIpc) is 3.25. The van der Waals surface area contributed by atoms with Gasteiger partial charge in [0.25, 0.3) is 0 Å². The molecule has 2 aromatic rings. The lowest BCUT2D eigenvalue weighted by Crippen LogP contribution is -2.41. The van der Waals surface area contributed by atoms with E-state index in [1.807, 2.05) is 7.05 Å². The highest BCUT2D eigenvalue weighted by atomic mass is 15.3. The smallest absolute Gasteiger partial charge is 0.191 e. The average molecular weight is 340 g/mol. The third kappa shape index (κ3) is 4.81. The molecule has 0 amide bonds. The Bertz CT molecular complexity index is 687. The molecule has 1 saturated carbocycles. The van der Waals surface area contributed by atoms with Gasteiger partial charge in [0.15, 0.2) is 5.96 Å². The van der Waals surface area contributed by atoms with Crippen molar-refractivity contribution in [2.75, 3.05) is 20.1 Å². The van der Waals surface area contributed by atoms with Gasteiger partial charge in [0.05, 0.1) is 0 Å². The van der Waals surface area contributed by atoms with Crippen LogP contribution >= 0.6 is 0 Å². The number of benzene rings is 1. The maximum absolute atomic E-state index is 4.34. The molecule has 0 bridgehead atoms. The summed E-state index contributed by atoms with van der Waals surface area (Å²) in [6.07, 6.45) is 6.39. The van der Waals surface area contributed by atoms with Gasteiger partial charge >= 0.3 is 0 Å². The van der Waals surface area contributed by atoms with Crippen LogP contribution in [-0.4, -0.2) is 40.9 Å². The topological polar surface area (TPSA) is 67.1 Å². The second kappa shape index (κ2) is 8.14. The van der Waals surface area contributed by atoms with E-state index in [-0.39, 0.29) is 0 Å². The monoisotopic (exact) mass is 340 g/mol. The van der Waals surface area contributed by atoms with Crippen molar-refractivity contribution in [2.45, 2.75) is 39.2 Å². The van der Waals surface area contributed by atoms with Crippen molar-refractivity contribution in [3.63, 3.8) is 0 Å². The van der Waals surface area contributed by atoms with Gasteiger partial charge in [-0.05, 0) is 30.2 Å². The third-order valence-electron chi connectivity index (χ3n) is 4.89. The molecule has 0 atom stereocenters. The Morgan fingerprint density at radius 3 is 2.72 bits per heavy atom. The summed E-state index contributed by atoms with van der Waals surface area (Å²) in [6.45, 7) is 4.70. The molecule has 0 saturated heterocycles. The lowest BCUT2D eigenvalue weighted by atomic mass is 9.96. The number of aryl methyl sites for hydroxylation is 1. The Labute approximate surface area is 149 Å². The maximum atomic E-state index is 4.34. The van der Waals surface area contributed by atoms with Gasteiger partial charge in [-0.2, -0.15) is 0 Å². The van der Waals surface area contributed by atoms with Crippen LogP contribution < -0.4 is 10.6 Å². The fraction of sp³-hybridized carbons (Fsp3) is 0.526. The standard InChI is InChI=1S/C19H28N6/c1-3-17-24-23-15-25(17)12-11-21-18(20-2)22-14-19(9-10-19)13-16-7-5-4-6-8-16/h4-8,15H,3,9-14H2,1-2H3,(H2,20,21,22). The van der Waals surface area contributed by atoms with E-state index in [1.165, 1.54) is 18.4 Å². The molecule has 1 aromatic heterocycles. The molecule has 0 spiro atoms. The number of nitrogens with zero attached hydrogens (tertiary/aromatic N) is 4. The van der Waals surface area contributed by atoms with E-state index in [9.17, 15) is 0 Å². The minimum Gasteiger partial charge on any atom is -0.356 e. The molecule has 0 unspecified atom stereocenters. The Balaban J connectivity index is 1.43. The fourth-order valence-corrected chi connectivity index (χ4v) is 3.15. The first-order chi connectivity index (χ1) is 12.2. The fourth-order valence-electron chi connectivity index (χ4n) is 3.15. The molecule has 25 heavy (non-hydrogen) atoms. The maximum Gasteiger partial charge on any atom is 0.191 e. The Morgan fingerprint density at radius 1 is 1.24 bits per heavy atom. The summed E-state index contributed by atoms with van der Waals surface area (Å²) < 4.78 is 2.08. The first kappa shape index (κ1) is 17.5. The van der Waals surface area contributed by atoms with Crippen molar-refractivity contribution in [1.29, 1.82) is 0 Å². The van der Waals surface area contributed by atoms with Crippen molar-refractivity contribution < 1.29 is 0 Å². The first-order valence-electron chi connectivity index (χ1n) is 9.10.